The molecule has 0 aromatic carbocycles. The molecular weight excluding hydrogens is 316 g/mol. The topological polar surface area (TPSA) is 135 Å². The van der Waals surface area contributed by atoms with Crippen LogP contribution in [0.4, 0.5) is 0 Å². The van der Waals surface area contributed by atoms with Gasteiger partial charge < -0.3 is 28.0 Å². The van der Waals surface area contributed by atoms with E-state index in [9.17, 15) is 9.36 Å². The molecule has 0 aliphatic carbocycles. The molecule has 0 spiro atoms. The third-order valence-corrected chi connectivity index (χ3v) is 1.85. The molecule has 0 saturated carbocycles. The first-order valence-corrected chi connectivity index (χ1v) is 4.09. The number of hydrogen-bond donors (Lipinski definition) is 5. The van der Waals surface area contributed by atoms with E-state index in [1.807, 2.05) is 0 Å². The van der Waals surface area contributed by atoms with E-state index in [1.165, 1.54) is 0 Å². The summed E-state index contributed by atoms with van der Waals surface area (Å²) in [5.74, 6) is -4.46. The molecule has 0 aliphatic rings. The summed E-state index contributed by atoms with van der Waals surface area (Å²) in [4.78, 5) is 26.1. The number of carbonyl (C=O) groups is 1. The quantitative estimate of drug-likeness (QED) is 0.293. The molecule has 5 N–H and O–H groups in total. The fourth-order valence-corrected chi connectivity index (χ4v) is 0.807. The molecule has 0 amide bonds. The van der Waals surface area contributed by atoms with E-state index in [-0.39, 0.29) is 51.7 Å². The molecule has 70 valence electrons. The van der Waals surface area contributed by atoms with Crippen LogP contribution in [0.25, 0.3) is 0 Å². The van der Waals surface area contributed by atoms with Gasteiger partial charge in [0.05, 0.1) is 0 Å². The van der Waals surface area contributed by atoms with Gasteiger partial charge in [0, 0.05) is 0 Å². The van der Waals surface area contributed by atoms with E-state index in [1.54, 1.807) is 0 Å². The second-order valence-electron chi connectivity index (χ2n) is 1.79. The second-order valence-corrected chi connectivity index (χ2v) is 3.49. The zero-order chi connectivity index (χ0) is 9.23. The van der Waals surface area contributed by atoms with Crippen LogP contribution in [0.15, 0.2) is 0 Å². The smallest absolute Gasteiger partial charge is 1.00 e. The van der Waals surface area contributed by atoms with Crippen LogP contribution < -0.4 is 0 Å². The molecule has 2 unspecified atom stereocenters. The van der Waals surface area contributed by atoms with Crippen molar-refractivity contribution in [1.29, 1.82) is 0 Å². The van der Waals surface area contributed by atoms with E-state index >= 15 is 0 Å². The van der Waals surface area contributed by atoms with E-state index in [0.29, 0.717) is 0 Å². The number of aliphatic hydroxyl groups excluding tert-OH is 2. The predicted molar refractivity (Wildman–Crippen MR) is 39.7 cm³/mol. The maximum Gasteiger partial charge on any atom is 2.00 e. The molecule has 9 heteroatoms. The third-order valence-electron chi connectivity index (χ3n) is 0.880. The molecule has 2 atom stereocenters. The summed E-state index contributed by atoms with van der Waals surface area (Å²) in [5.41, 5.74) is 0. The van der Waals surface area contributed by atoms with Crippen LogP contribution in [0.3, 0.4) is 0 Å². The van der Waals surface area contributed by atoms with Crippen molar-refractivity contribution < 1.29 is 37.3 Å². The molecule has 0 aromatic rings. The van der Waals surface area contributed by atoms with Crippen LogP contribution in [0.5, 0.6) is 0 Å². The predicted octanol–water partition coefficient (Wildman–Crippen LogP) is -2.23. The first-order valence-electron chi connectivity index (χ1n) is 2.41. The molecule has 0 saturated heterocycles. The molecule has 0 aliphatic heterocycles. The van der Waals surface area contributed by atoms with Crippen LogP contribution >= 0.6 is 7.60 Å². The Morgan fingerprint density at radius 3 is 1.75 bits per heavy atom. The van der Waals surface area contributed by atoms with E-state index in [0.717, 1.165) is 0 Å². The van der Waals surface area contributed by atoms with Gasteiger partial charge in [0.15, 0.2) is 11.9 Å². The number of carboxylic acid groups (broad SMARTS) is 1. The van der Waals surface area contributed by atoms with Gasteiger partial charge in [0.25, 0.3) is 0 Å². The van der Waals surface area contributed by atoms with Crippen LogP contribution in [-0.2, 0) is 9.36 Å². The van der Waals surface area contributed by atoms with Crippen LogP contribution in [0.2, 0.25) is 0 Å². The molecule has 0 fully saturated rings. The Bertz CT molecular complexity index is 207. The van der Waals surface area contributed by atoms with Crippen molar-refractivity contribution in [2.75, 3.05) is 0 Å². The number of hydrogen-bond acceptors (Lipinski definition) is 4. The Labute approximate surface area is 111 Å². The molecule has 0 aromatic heterocycles. The van der Waals surface area contributed by atoms with E-state index < -0.39 is 25.5 Å². The van der Waals surface area contributed by atoms with Crippen molar-refractivity contribution in [2.45, 2.75) is 11.9 Å². The summed E-state index contributed by atoms with van der Waals surface area (Å²) in [7, 11) is -4.94. The fraction of sp³-hybridized carbons (Fsp3) is 0.667. The average molecular weight is 325 g/mol. The van der Waals surface area contributed by atoms with Crippen LogP contribution in [0, 0.1) is 0 Å². The maximum absolute atomic E-state index is 10.1. The Hall–Kier alpha value is 1.11. The maximum atomic E-state index is 10.1. The van der Waals surface area contributed by atoms with Gasteiger partial charge in [-0.05, 0) is 0 Å². The molecule has 0 rings (SSSR count). The van der Waals surface area contributed by atoms with Gasteiger partial charge in [0.1, 0.15) is 0 Å². The summed E-state index contributed by atoms with van der Waals surface area (Å²) < 4.78 is 10.1. The van der Waals surface area contributed by atoms with E-state index in [2.05, 4.69) is 0 Å². The van der Waals surface area contributed by atoms with Crippen LogP contribution in [-0.4, -0.2) is 91.9 Å². The summed E-state index contributed by atoms with van der Waals surface area (Å²) in [6.45, 7) is 0. The van der Waals surface area contributed by atoms with E-state index in [4.69, 9.17) is 25.1 Å². The molecule has 0 radical (unpaired) electrons. The average Bonchev–Trinajstić information content (AvgIpc) is 1.82. The van der Waals surface area contributed by atoms with Crippen molar-refractivity contribution >= 4 is 62.4 Å². The van der Waals surface area contributed by atoms with Crippen molar-refractivity contribution in [3.05, 3.63) is 0 Å². The van der Waals surface area contributed by atoms with Crippen molar-refractivity contribution in [3.63, 3.8) is 0 Å². The largest absolute Gasteiger partial charge is 2.00 e. The van der Waals surface area contributed by atoms with Crippen molar-refractivity contribution in [3.8, 4) is 0 Å². The summed E-state index contributed by atoms with van der Waals surface area (Å²) in [6, 6.07) is 0. The monoisotopic (exact) mass is 326 g/mol. The second kappa shape index (κ2) is 5.76. The van der Waals surface area contributed by atoms with Crippen molar-refractivity contribution in [1.82, 2.24) is 0 Å². The first kappa shape index (κ1) is 15.6. The SMILES string of the molecule is O=C(O)C(O)C(O)P(=O)(O)O.[Ba+2].[H-].[H-]. The number of rotatable bonds is 3. The summed E-state index contributed by atoms with van der Waals surface area (Å²) >= 11 is 0. The molecule has 12 heavy (non-hydrogen) atoms. The molecule has 0 heterocycles. The van der Waals surface area contributed by atoms with Gasteiger partial charge in [-0.1, -0.05) is 0 Å². The minimum atomic E-state index is -4.94. The zero-order valence-electron chi connectivity index (χ0n) is 7.86. The van der Waals surface area contributed by atoms with Gasteiger partial charge in [-0.15, -0.1) is 0 Å². The summed E-state index contributed by atoms with van der Waals surface area (Å²) in [5, 5.41) is 24.8. The standard InChI is InChI=1S/C3H7O7P.Ba.2H/c4-1(2(5)6)3(7)11(8,9)10;;;/h1,3-4,7H,(H,5,6)(H2,8,9,10);;;/q;+2;2*-1. The molecule has 7 nitrogen and oxygen atoms in total. The van der Waals surface area contributed by atoms with Gasteiger partial charge in [-0.3, -0.25) is 4.57 Å². The number of carboxylic acids is 1. The Balaban J connectivity index is -0.000000167. The number of aliphatic hydroxyl groups is 2. The van der Waals surface area contributed by atoms with Crippen LogP contribution in [0.1, 0.15) is 2.85 Å². The Kier molecular flexibility index (Phi) is 7.48. The molecular formula is C3H9BaO7P. The molecule has 0 bridgehead atoms. The Morgan fingerprint density at radius 1 is 1.33 bits per heavy atom. The number of aliphatic carboxylic acids is 1. The third kappa shape index (κ3) is 4.97. The van der Waals surface area contributed by atoms with Gasteiger partial charge in [-0.2, -0.15) is 0 Å². The normalized spacial score (nSPS) is 16.0. The van der Waals surface area contributed by atoms with Gasteiger partial charge >= 0.3 is 62.4 Å². The minimum Gasteiger partial charge on any atom is -1.00 e. The van der Waals surface area contributed by atoms with Gasteiger partial charge in [0.2, 0.25) is 0 Å². The van der Waals surface area contributed by atoms with Crippen molar-refractivity contribution in [2.24, 2.45) is 0 Å². The fourth-order valence-electron chi connectivity index (χ4n) is 0.311. The van der Waals surface area contributed by atoms with Gasteiger partial charge in [-0.25, -0.2) is 4.79 Å². The minimum absolute atomic E-state index is 0. The zero-order valence-corrected chi connectivity index (χ0v) is 11.2. The summed E-state index contributed by atoms with van der Waals surface area (Å²) in [6.07, 6.45) is -2.46. The Morgan fingerprint density at radius 2 is 1.67 bits per heavy atom. The first-order chi connectivity index (χ1) is 4.76.